The lowest BCUT2D eigenvalue weighted by Gasteiger charge is -2.05. The third-order valence-electron chi connectivity index (χ3n) is 3.18. The van der Waals surface area contributed by atoms with Crippen molar-refractivity contribution in [2.45, 2.75) is 70.8 Å². The molecule has 1 aliphatic rings. The van der Waals surface area contributed by atoms with E-state index in [2.05, 4.69) is 17.6 Å². The van der Waals surface area contributed by atoms with Gasteiger partial charge in [-0.05, 0) is 25.8 Å². The van der Waals surface area contributed by atoms with Crippen molar-refractivity contribution in [3.63, 3.8) is 0 Å². The Labute approximate surface area is 106 Å². The summed E-state index contributed by atoms with van der Waals surface area (Å²) in [5.41, 5.74) is 0. The molecule has 0 heterocycles. The van der Waals surface area contributed by atoms with E-state index in [0.29, 0.717) is 12.5 Å². The van der Waals surface area contributed by atoms with Crippen molar-refractivity contribution >= 4 is 5.91 Å². The third kappa shape index (κ3) is 9.16. The summed E-state index contributed by atoms with van der Waals surface area (Å²) in [7, 11) is 0. The number of hydrogen-bond acceptors (Lipinski definition) is 2. The topological polar surface area (TPSA) is 41.1 Å². The molecule has 1 saturated carbocycles. The highest BCUT2D eigenvalue weighted by Crippen LogP contribution is 2.18. The van der Waals surface area contributed by atoms with E-state index in [4.69, 9.17) is 0 Å². The van der Waals surface area contributed by atoms with Crippen LogP contribution >= 0.6 is 0 Å². The van der Waals surface area contributed by atoms with Crippen LogP contribution in [0.15, 0.2) is 0 Å². The lowest BCUT2D eigenvalue weighted by atomic mass is 10.1. The first kappa shape index (κ1) is 14.5. The Hall–Kier alpha value is -0.570. The zero-order valence-corrected chi connectivity index (χ0v) is 11.3. The average molecular weight is 240 g/mol. The van der Waals surface area contributed by atoms with Crippen molar-refractivity contribution in [2.75, 3.05) is 13.1 Å². The fourth-order valence-electron chi connectivity index (χ4n) is 1.88. The standard InChI is InChI=1S/C14H28N2O/c1-2-3-4-5-6-7-11-15-12-10-14(17)16-13-8-9-13/h13,15H,2-12H2,1H3,(H,16,17). The molecule has 1 fully saturated rings. The maximum absolute atomic E-state index is 11.3. The second-order valence-corrected chi connectivity index (χ2v) is 5.11. The second-order valence-electron chi connectivity index (χ2n) is 5.11. The summed E-state index contributed by atoms with van der Waals surface area (Å²) < 4.78 is 0. The van der Waals surface area contributed by atoms with Crippen LogP contribution in [0.3, 0.4) is 0 Å². The van der Waals surface area contributed by atoms with Crippen molar-refractivity contribution in [1.82, 2.24) is 10.6 Å². The van der Waals surface area contributed by atoms with Gasteiger partial charge < -0.3 is 10.6 Å². The Bertz CT molecular complexity index is 202. The highest BCUT2D eigenvalue weighted by atomic mass is 16.1. The van der Waals surface area contributed by atoms with Crippen LogP contribution in [-0.2, 0) is 4.79 Å². The first-order chi connectivity index (χ1) is 8.33. The van der Waals surface area contributed by atoms with Crippen LogP contribution in [0.2, 0.25) is 0 Å². The van der Waals surface area contributed by atoms with Crippen LogP contribution in [0.4, 0.5) is 0 Å². The number of nitrogens with one attached hydrogen (secondary N) is 2. The largest absolute Gasteiger partial charge is 0.353 e. The third-order valence-corrected chi connectivity index (χ3v) is 3.18. The molecule has 0 aromatic carbocycles. The van der Waals surface area contributed by atoms with Gasteiger partial charge in [0.25, 0.3) is 0 Å². The molecule has 0 saturated heterocycles. The van der Waals surface area contributed by atoms with Gasteiger partial charge in [-0.2, -0.15) is 0 Å². The van der Waals surface area contributed by atoms with Gasteiger partial charge in [-0.3, -0.25) is 4.79 Å². The van der Waals surface area contributed by atoms with Gasteiger partial charge in [-0.15, -0.1) is 0 Å². The van der Waals surface area contributed by atoms with E-state index in [0.717, 1.165) is 13.1 Å². The van der Waals surface area contributed by atoms with Crippen LogP contribution in [0.5, 0.6) is 0 Å². The number of carbonyl (C=O) groups is 1. The van der Waals surface area contributed by atoms with Crippen LogP contribution in [0.25, 0.3) is 0 Å². The van der Waals surface area contributed by atoms with Crippen molar-refractivity contribution in [2.24, 2.45) is 0 Å². The molecule has 0 radical (unpaired) electrons. The molecule has 0 aromatic heterocycles. The zero-order valence-electron chi connectivity index (χ0n) is 11.3. The van der Waals surface area contributed by atoms with Crippen LogP contribution < -0.4 is 10.6 Å². The molecule has 3 heteroatoms. The van der Waals surface area contributed by atoms with Gasteiger partial charge in [0.05, 0.1) is 0 Å². The first-order valence-corrected chi connectivity index (χ1v) is 7.33. The Morgan fingerprint density at radius 1 is 1.06 bits per heavy atom. The number of amides is 1. The molecule has 2 N–H and O–H groups in total. The summed E-state index contributed by atoms with van der Waals surface area (Å²) in [5, 5.41) is 6.34. The van der Waals surface area contributed by atoms with Crippen molar-refractivity contribution in [3.8, 4) is 0 Å². The fourth-order valence-corrected chi connectivity index (χ4v) is 1.88. The molecule has 0 aromatic rings. The lowest BCUT2D eigenvalue weighted by molar-refractivity contribution is -0.121. The molecule has 1 amide bonds. The van der Waals surface area contributed by atoms with E-state index in [1.807, 2.05) is 0 Å². The van der Waals surface area contributed by atoms with E-state index in [1.165, 1.54) is 51.4 Å². The molecule has 1 aliphatic carbocycles. The maximum Gasteiger partial charge on any atom is 0.221 e. The van der Waals surface area contributed by atoms with Gasteiger partial charge in [-0.1, -0.05) is 39.0 Å². The summed E-state index contributed by atoms with van der Waals surface area (Å²) in [6.07, 6.45) is 11.0. The predicted molar refractivity (Wildman–Crippen MR) is 72.0 cm³/mol. The number of hydrogen-bond donors (Lipinski definition) is 2. The quantitative estimate of drug-likeness (QED) is 0.545. The summed E-state index contributed by atoms with van der Waals surface area (Å²) in [4.78, 5) is 11.3. The first-order valence-electron chi connectivity index (χ1n) is 7.33. The summed E-state index contributed by atoms with van der Waals surface area (Å²) in [6, 6.07) is 0.501. The summed E-state index contributed by atoms with van der Waals surface area (Å²) in [5.74, 6) is 0.211. The molecule has 100 valence electrons. The molecule has 0 bridgehead atoms. The van der Waals surface area contributed by atoms with Gasteiger partial charge in [0.2, 0.25) is 5.91 Å². The minimum atomic E-state index is 0.211. The average Bonchev–Trinajstić information content (AvgIpc) is 3.11. The van der Waals surface area contributed by atoms with Crippen LogP contribution in [-0.4, -0.2) is 25.0 Å². The molecular weight excluding hydrogens is 212 g/mol. The monoisotopic (exact) mass is 240 g/mol. The number of carbonyl (C=O) groups excluding carboxylic acids is 1. The van der Waals surface area contributed by atoms with E-state index < -0.39 is 0 Å². The van der Waals surface area contributed by atoms with Gasteiger partial charge in [0.15, 0.2) is 0 Å². The highest BCUT2D eigenvalue weighted by molar-refractivity contribution is 5.76. The minimum absolute atomic E-state index is 0.211. The highest BCUT2D eigenvalue weighted by Gasteiger charge is 2.22. The van der Waals surface area contributed by atoms with Gasteiger partial charge in [-0.25, -0.2) is 0 Å². The molecular formula is C14H28N2O. The van der Waals surface area contributed by atoms with Crippen LogP contribution in [0.1, 0.15) is 64.7 Å². The summed E-state index contributed by atoms with van der Waals surface area (Å²) >= 11 is 0. The van der Waals surface area contributed by atoms with Crippen LogP contribution in [0, 0.1) is 0 Å². The molecule has 0 unspecified atom stereocenters. The predicted octanol–water partition coefficient (Wildman–Crippen LogP) is 2.61. The van der Waals surface area contributed by atoms with Crippen molar-refractivity contribution in [1.29, 1.82) is 0 Å². The van der Waals surface area contributed by atoms with E-state index in [1.54, 1.807) is 0 Å². The zero-order chi connectivity index (χ0) is 12.3. The second kappa shape index (κ2) is 9.46. The van der Waals surface area contributed by atoms with E-state index in [-0.39, 0.29) is 5.91 Å². The SMILES string of the molecule is CCCCCCCCNCCC(=O)NC1CC1. The molecule has 0 atom stereocenters. The molecule has 3 nitrogen and oxygen atoms in total. The van der Waals surface area contributed by atoms with Gasteiger partial charge in [0.1, 0.15) is 0 Å². The molecule has 1 rings (SSSR count). The Morgan fingerprint density at radius 3 is 2.47 bits per heavy atom. The molecule has 17 heavy (non-hydrogen) atoms. The molecule has 0 aliphatic heterocycles. The van der Waals surface area contributed by atoms with Crippen molar-refractivity contribution in [3.05, 3.63) is 0 Å². The van der Waals surface area contributed by atoms with Gasteiger partial charge in [0, 0.05) is 19.0 Å². The minimum Gasteiger partial charge on any atom is -0.353 e. The normalized spacial score (nSPS) is 14.9. The Morgan fingerprint density at radius 2 is 1.76 bits per heavy atom. The summed E-state index contributed by atoms with van der Waals surface area (Å²) in [6.45, 7) is 4.13. The Kier molecular flexibility index (Phi) is 8.06. The maximum atomic E-state index is 11.3. The molecule has 0 spiro atoms. The van der Waals surface area contributed by atoms with E-state index >= 15 is 0 Å². The smallest absolute Gasteiger partial charge is 0.221 e. The lowest BCUT2D eigenvalue weighted by Crippen LogP contribution is -2.29. The fraction of sp³-hybridized carbons (Fsp3) is 0.929. The van der Waals surface area contributed by atoms with Crippen molar-refractivity contribution < 1.29 is 4.79 Å². The van der Waals surface area contributed by atoms with Gasteiger partial charge >= 0.3 is 0 Å². The number of unbranched alkanes of at least 4 members (excludes halogenated alkanes) is 5. The van der Waals surface area contributed by atoms with E-state index in [9.17, 15) is 4.79 Å². The Balaban J connectivity index is 1.73. The number of rotatable bonds is 11.